The van der Waals surface area contributed by atoms with Crippen LogP contribution in [-0.2, 0) is 0 Å². The second-order valence-electron chi connectivity index (χ2n) is 14.6. The third-order valence-electron chi connectivity index (χ3n) is 11.5. The Morgan fingerprint density at radius 1 is 0.339 bits per heavy atom. The number of thiophene rings is 1. The van der Waals surface area contributed by atoms with Crippen LogP contribution in [0.15, 0.2) is 200 Å². The minimum atomic E-state index is 1.10. The van der Waals surface area contributed by atoms with Crippen molar-refractivity contribution in [2.24, 2.45) is 0 Å². The van der Waals surface area contributed by atoms with Crippen LogP contribution in [0.5, 0.6) is 0 Å². The number of para-hydroxylation sites is 3. The van der Waals surface area contributed by atoms with Gasteiger partial charge in [0, 0.05) is 64.5 Å². The zero-order valence-corrected chi connectivity index (χ0v) is 31.1. The van der Waals surface area contributed by atoms with Gasteiger partial charge < -0.3 is 14.0 Å². The van der Waals surface area contributed by atoms with Gasteiger partial charge in [0.25, 0.3) is 0 Å². The standard InChI is InChI=1S/C52H33N3S/c1-2-15-36(16-3-1)54-46-21-10-7-19-42(46)52-47(22-12-23-48(52)54)53(39-29-30-51-44(33-39)41-18-8-11-24-50(41)56-51)37-25-27-38(28-26-37)55-45-20-9-6-17-40(45)43-31-34-13-4-5-14-35(34)32-49(43)55/h1-33H. The fourth-order valence-electron chi connectivity index (χ4n) is 9.01. The number of hydrogen-bond acceptors (Lipinski definition) is 2. The number of aromatic nitrogens is 2. The van der Waals surface area contributed by atoms with Gasteiger partial charge in [-0.25, -0.2) is 0 Å². The maximum absolute atomic E-state index is 2.46. The van der Waals surface area contributed by atoms with Crippen LogP contribution in [0, 0.1) is 0 Å². The van der Waals surface area contributed by atoms with E-state index in [1.165, 1.54) is 74.6 Å². The van der Waals surface area contributed by atoms with Gasteiger partial charge in [-0.3, -0.25) is 0 Å². The summed E-state index contributed by atoms with van der Waals surface area (Å²) in [5.74, 6) is 0. The largest absolute Gasteiger partial charge is 0.310 e. The van der Waals surface area contributed by atoms with Gasteiger partial charge in [0.1, 0.15) is 0 Å². The van der Waals surface area contributed by atoms with Gasteiger partial charge >= 0.3 is 0 Å². The van der Waals surface area contributed by atoms with E-state index in [-0.39, 0.29) is 0 Å². The summed E-state index contributed by atoms with van der Waals surface area (Å²) in [7, 11) is 0. The first-order valence-corrected chi connectivity index (χ1v) is 19.9. The summed E-state index contributed by atoms with van der Waals surface area (Å²) in [6.07, 6.45) is 0. The zero-order valence-electron chi connectivity index (χ0n) is 30.3. The predicted octanol–water partition coefficient (Wildman–Crippen LogP) is 14.9. The van der Waals surface area contributed by atoms with Crippen molar-refractivity contribution in [3.63, 3.8) is 0 Å². The number of rotatable bonds is 5. The van der Waals surface area contributed by atoms with E-state index in [4.69, 9.17) is 0 Å². The van der Waals surface area contributed by atoms with E-state index in [2.05, 4.69) is 214 Å². The predicted molar refractivity (Wildman–Crippen MR) is 240 cm³/mol. The Morgan fingerprint density at radius 3 is 1.75 bits per heavy atom. The molecule has 0 N–H and O–H groups in total. The van der Waals surface area contributed by atoms with Crippen molar-refractivity contribution < 1.29 is 0 Å². The lowest BCUT2D eigenvalue weighted by Crippen LogP contribution is -2.10. The minimum Gasteiger partial charge on any atom is -0.310 e. The van der Waals surface area contributed by atoms with Crippen molar-refractivity contribution in [1.29, 1.82) is 0 Å². The first kappa shape index (κ1) is 31.2. The molecule has 0 atom stereocenters. The van der Waals surface area contributed by atoms with Crippen LogP contribution in [-0.4, -0.2) is 9.13 Å². The molecule has 12 aromatic rings. The third kappa shape index (κ3) is 4.63. The van der Waals surface area contributed by atoms with E-state index >= 15 is 0 Å². The highest BCUT2D eigenvalue weighted by Crippen LogP contribution is 2.46. The van der Waals surface area contributed by atoms with E-state index < -0.39 is 0 Å². The molecule has 0 aliphatic carbocycles. The van der Waals surface area contributed by atoms with Gasteiger partial charge in [-0.1, -0.05) is 103 Å². The van der Waals surface area contributed by atoms with E-state index in [1.807, 2.05) is 11.3 Å². The molecule has 0 saturated carbocycles. The van der Waals surface area contributed by atoms with Crippen molar-refractivity contribution in [2.75, 3.05) is 4.90 Å². The van der Waals surface area contributed by atoms with Crippen molar-refractivity contribution in [3.8, 4) is 11.4 Å². The molecule has 3 heterocycles. The molecule has 0 spiro atoms. The summed E-state index contributed by atoms with van der Waals surface area (Å²) < 4.78 is 7.42. The van der Waals surface area contributed by atoms with Crippen LogP contribution in [0.2, 0.25) is 0 Å². The highest BCUT2D eigenvalue weighted by molar-refractivity contribution is 7.25. The number of nitrogens with zero attached hydrogens (tertiary/aromatic N) is 3. The molecule has 56 heavy (non-hydrogen) atoms. The molecular weight excluding hydrogens is 699 g/mol. The smallest absolute Gasteiger partial charge is 0.0562 e. The Hall–Kier alpha value is -7.14. The highest BCUT2D eigenvalue weighted by Gasteiger charge is 2.22. The molecule has 0 bridgehead atoms. The molecule has 9 aromatic carbocycles. The van der Waals surface area contributed by atoms with Gasteiger partial charge in [0.15, 0.2) is 0 Å². The molecule has 0 radical (unpaired) electrons. The Balaban J connectivity index is 1.11. The lowest BCUT2D eigenvalue weighted by molar-refractivity contribution is 1.17. The molecule has 0 amide bonds. The first-order chi connectivity index (χ1) is 27.8. The van der Waals surface area contributed by atoms with Crippen LogP contribution < -0.4 is 4.90 Å². The topological polar surface area (TPSA) is 13.1 Å². The van der Waals surface area contributed by atoms with Crippen LogP contribution in [0.25, 0.3) is 85.9 Å². The molecule has 0 saturated heterocycles. The average Bonchev–Trinajstić information content (AvgIpc) is 3.91. The third-order valence-corrected chi connectivity index (χ3v) is 12.6. The summed E-state index contributed by atoms with van der Waals surface area (Å²) >= 11 is 1.86. The Kier molecular flexibility index (Phi) is 6.80. The normalized spacial score (nSPS) is 11.9. The Labute approximate surface area is 327 Å². The maximum Gasteiger partial charge on any atom is 0.0562 e. The minimum absolute atomic E-state index is 1.10. The Morgan fingerprint density at radius 2 is 0.929 bits per heavy atom. The number of benzene rings is 9. The molecule has 0 fully saturated rings. The van der Waals surface area contributed by atoms with Crippen LogP contribution in [0.3, 0.4) is 0 Å². The molecule has 3 nitrogen and oxygen atoms in total. The van der Waals surface area contributed by atoms with Crippen LogP contribution in [0.1, 0.15) is 0 Å². The summed E-state index contributed by atoms with van der Waals surface area (Å²) in [5, 5.41) is 10.0. The summed E-state index contributed by atoms with van der Waals surface area (Å²) in [6.45, 7) is 0. The lowest BCUT2D eigenvalue weighted by atomic mass is 10.1. The molecule has 0 unspecified atom stereocenters. The summed E-state index contributed by atoms with van der Waals surface area (Å²) in [6, 6.07) is 73.3. The Bertz CT molecular complexity index is 3480. The SMILES string of the molecule is c1ccc(-n2c3ccccc3c3c(N(c4ccc(-n5c6ccccc6c6cc7ccccc7cc65)cc4)c4ccc5sc6ccccc6c5c4)cccc32)cc1. The summed E-state index contributed by atoms with van der Waals surface area (Å²) in [5.41, 5.74) is 10.4. The van der Waals surface area contributed by atoms with Gasteiger partial charge in [-0.05, 0) is 108 Å². The van der Waals surface area contributed by atoms with E-state index in [1.54, 1.807) is 0 Å². The summed E-state index contributed by atoms with van der Waals surface area (Å²) in [4.78, 5) is 2.46. The quantitative estimate of drug-likeness (QED) is 0.172. The average molecular weight is 732 g/mol. The van der Waals surface area contributed by atoms with Gasteiger partial charge in [-0.2, -0.15) is 0 Å². The van der Waals surface area contributed by atoms with Crippen molar-refractivity contribution in [2.45, 2.75) is 0 Å². The van der Waals surface area contributed by atoms with E-state index in [0.29, 0.717) is 0 Å². The molecular formula is C52H33N3S. The molecule has 3 aromatic heterocycles. The second-order valence-corrected chi connectivity index (χ2v) is 15.6. The fraction of sp³-hybridized carbons (Fsp3) is 0. The van der Waals surface area contributed by atoms with Crippen LogP contribution >= 0.6 is 11.3 Å². The van der Waals surface area contributed by atoms with Crippen LogP contribution in [0.4, 0.5) is 17.1 Å². The van der Waals surface area contributed by atoms with Gasteiger partial charge in [0.2, 0.25) is 0 Å². The molecule has 0 aliphatic heterocycles. The number of hydrogen-bond donors (Lipinski definition) is 0. The number of anilines is 3. The van der Waals surface area contributed by atoms with E-state index in [0.717, 1.165) is 28.4 Å². The second kappa shape index (κ2) is 12.2. The molecule has 262 valence electrons. The molecule has 0 aliphatic rings. The lowest BCUT2D eigenvalue weighted by Gasteiger charge is -2.27. The van der Waals surface area contributed by atoms with Crippen molar-refractivity contribution in [1.82, 2.24) is 9.13 Å². The zero-order chi connectivity index (χ0) is 36.7. The van der Waals surface area contributed by atoms with E-state index in [9.17, 15) is 0 Å². The first-order valence-electron chi connectivity index (χ1n) is 19.1. The maximum atomic E-state index is 2.46. The van der Waals surface area contributed by atoms with Crippen molar-refractivity contribution in [3.05, 3.63) is 200 Å². The molecule has 12 rings (SSSR count). The molecule has 4 heteroatoms. The highest BCUT2D eigenvalue weighted by atomic mass is 32.1. The van der Waals surface area contributed by atoms with Gasteiger partial charge in [-0.15, -0.1) is 11.3 Å². The number of fused-ring (bicyclic) bond motifs is 10. The monoisotopic (exact) mass is 731 g/mol. The van der Waals surface area contributed by atoms with Gasteiger partial charge in [0.05, 0.1) is 27.8 Å². The van der Waals surface area contributed by atoms with Crippen molar-refractivity contribution >= 4 is 103 Å². The fourth-order valence-corrected chi connectivity index (χ4v) is 10.1.